The molecule has 1 spiro atoms. The summed E-state index contributed by atoms with van der Waals surface area (Å²) < 4.78 is 3.87. The Labute approximate surface area is 289 Å². The Kier molecular flexibility index (Phi) is 8.86. The van der Waals surface area contributed by atoms with Crippen LogP contribution in [0.2, 0.25) is 0 Å². The zero-order valence-corrected chi connectivity index (χ0v) is 30.0. The molecule has 2 saturated heterocycles. The van der Waals surface area contributed by atoms with Crippen LogP contribution < -0.4 is 9.64 Å². The predicted octanol–water partition coefficient (Wildman–Crippen LogP) is 6.02. The average molecular weight is 672 g/mol. The Bertz CT molecular complexity index is 1620. The molecule has 3 amide bonds. The van der Waals surface area contributed by atoms with Gasteiger partial charge in [0.2, 0.25) is 17.7 Å². The number of aliphatic hydroxyl groups is 1. The van der Waals surface area contributed by atoms with Gasteiger partial charge >= 0.3 is 0 Å². The van der Waals surface area contributed by atoms with Gasteiger partial charge in [-0.05, 0) is 69.4 Å². The van der Waals surface area contributed by atoms with Crippen molar-refractivity contribution in [2.45, 2.75) is 82.0 Å². The number of hydrogen-bond donors (Lipinski definition) is 1. The Balaban J connectivity index is 1.49. The third kappa shape index (κ3) is 5.66. The van der Waals surface area contributed by atoms with Crippen molar-refractivity contribution in [3.8, 4) is 5.75 Å². The van der Waals surface area contributed by atoms with Gasteiger partial charge in [-0.15, -0.1) is 11.8 Å². The number of rotatable bonds is 8. The maximum atomic E-state index is 15.2. The molecule has 1 unspecified atom stereocenters. The number of anilines is 1. The molecule has 6 rings (SSSR count). The lowest BCUT2D eigenvalue weighted by Gasteiger charge is -2.45. The van der Waals surface area contributed by atoms with Crippen molar-refractivity contribution in [1.82, 2.24) is 9.80 Å². The molecule has 0 radical (unpaired) electrons. The van der Waals surface area contributed by atoms with Gasteiger partial charge in [0.25, 0.3) is 0 Å². The van der Waals surface area contributed by atoms with Crippen molar-refractivity contribution in [2.24, 2.45) is 17.3 Å². The number of fused-ring (bicyclic) bond motifs is 2. The van der Waals surface area contributed by atoms with Crippen molar-refractivity contribution in [2.75, 3.05) is 31.2 Å². The lowest BCUT2D eigenvalue weighted by molar-refractivity contribution is -0.149. The number of hydrogen-bond acceptors (Lipinski definition) is 6. The summed E-state index contributed by atoms with van der Waals surface area (Å²) in [6.07, 6.45) is 8.92. The maximum Gasteiger partial charge on any atom is 0.247 e. The minimum atomic E-state index is -1.02. The van der Waals surface area contributed by atoms with E-state index in [4.69, 9.17) is 4.74 Å². The molecule has 256 valence electrons. The molecule has 6 atom stereocenters. The highest BCUT2D eigenvalue weighted by atomic mass is 32.2. The maximum absolute atomic E-state index is 15.2. The SMILES string of the molecule is CCOc1ccc(N2CC=C[C@]3(C)S[C@]45C=CCN(C(C)(C)CC(C)(C)C)C(=O)C4N([C@H](CO)c4ccccc4)C(=O)[C@@H]5[C@@H]3C2=O)cc1. The summed E-state index contributed by atoms with van der Waals surface area (Å²) >= 11 is 1.56. The number of ether oxygens (including phenoxy) is 1. The van der Waals surface area contributed by atoms with Crippen LogP contribution in [0.15, 0.2) is 78.9 Å². The predicted molar refractivity (Wildman–Crippen MR) is 191 cm³/mol. The van der Waals surface area contributed by atoms with E-state index in [0.717, 1.165) is 23.4 Å². The average Bonchev–Trinajstić information content (AvgIpc) is 3.28. The zero-order chi connectivity index (χ0) is 34.6. The van der Waals surface area contributed by atoms with Gasteiger partial charge in [0, 0.05) is 29.1 Å². The summed E-state index contributed by atoms with van der Waals surface area (Å²) in [5, 5.41) is 10.9. The molecule has 2 fully saturated rings. The van der Waals surface area contributed by atoms with Crippen LogP contribution in [-0.4, -0.2) is 80.0 Å². The van der Waals surface area contributed by atoms with Crippen LogP contribution in [0.1, 0.15) is 66.5 Å². The summed E-state index contributed by atoms with van der Waals surface area (Å²) in [6, 6.07) is 15.2. The fourth-order valence-corrected chi connectivity index (χ4v) is 11.0. The number of aliphatic hydroxyl groups excluding tert-OH is 1. The molecule has 2 aromatic rings. The fraction of sp³-hybridized carbons (Fsp3) is 0.513. The summed E-state index contributed by atoms with van der Waals surface area (Å²) in [7, 11) is 0. The third-order valence-electron chi connectivity index (χ3n) is 10.3. The van der Waals surface area contributed by atoms with Crippen LogP contribution in [0, 0.1) is 17.3 Å². The van der Waals surface area contributed by atoms with E-state index in [1.54, 1.807) is 21.6 Å². The van der Waals surface area contributed by atoms with Gasteiger partial charge in [0.15, 0.2) is 0 Å². The Hall–Kier alpha value is -3.56. The highest BCUT2D eigenvalue weighted by Gasteiger charge is 2.75. The van der Waals surface area contributed by atoms with Crippen molar-refractivity contribution in [1.29, 1.82) is 0 Å². The van der Waals surface area contributed by atoms with Crippen LogP contribution in [0.5, 0.6) is 5.75 Å². The fourth-order valence-electron chi connectivity index (χ4n) is 8.89. The molecule has 48 heavy (non-hydrogen) atoms. The third-order valence-corrected chi connectivity index (χ3v) is 12.1. The van der Waals surface area contributed by atoms with Gasteiger partial charge in [-0.1, -0.05) is 75.4 Å². The van der Waals surface area contributed by atoms with Crippen LogP contribution in [0.25, 0.3) is 0 Å². The van der Waals surface area contributed by atoms with Crippen LogP contribution >= 0.6 is 11.8 Å². The second kappa shape index (κ2) is 12.4. The van der Waals surface area contributed by atoms with Crippen molar-refractivity contribution < 1.29 is 24.2 Å². The molecule has 1 N–H and O–H groups in total. The van der Waals surface area contributed by atoms with Gasteiger partial charge < -0.3 is 24.5 Å². The number of nitrogens with zero attached hydrogens (tertiary/aromatic N) is 3. The number of likely N-dealkylation sites (tertiary alicyclic amines) is 1. The Morgan fingerprint density at radius 3 is 2.19 bits per heavy atom. The lowest BCUT2D eigenvalue weighted by atomic mass is 9.74. The van der Waals surface area contributed by atoms with Gasteiger partial charge in [0.05, 0.1) is 35.8 Å². The molecule has 9 heteroatoms. The van der Waals surface area contributed by atoms with E-state index in [0.29, 0.717) is 19.7 Å². The van der Waals surface area contributed by atoms with Crippen LogP contribution in [-0.2, 0) is 14.4 Å². The summed E-state index contributed by atoms with van der Waals surface area (Å²) in [4.78, 5) is 50.5. The number of carbonyl (C=O) groups is 3. The van der Waals surface area contributed by atoms with E-state index in [2.05, 4.69) is 46.8 Å². The first-order valence-corrected chi connectivity index (χ1v) is 17.9. The minimum absolute atomic E-state index is 0.0484. The van der Waals surface area contributed by atoms with Gasteiger partial charge in [-0.2, -0.15) is 0 Å². The molecule has 0 aliphatic carbocycles. The lowest BCUT2D eigenvalue weighted by Crippen LogP contribution is -2.59. The highest BCUT2D eigenvalue weighted by molar-refractivity contribution is 8.02. The van der Waals surface area contributed by atoms with Gasteiger partial charge in [-0.25, -0.2) is 0 Å². The summed E-state index contributed by atoms with van der Waals surface area (Å²) in [6.45, 7) is 15.6. The summed E-state index contributed by atoms with van der Waals surface area (Å²) in [5.41, 5.74) is 0.910. The zero-order valence-electron chi connectivity index (χ0n) is 29.2. The normalized spacial score (nSPS) is 29.4. The standard InChI is InChI=1S/C39H49N3O5S/c1-8-47-28-18-16-27(17-19-28)40-22-12-20-38(7)30(33(40)44)31-34(45)42(29(24-43)26-14-10-9-11-15-26)32-35(46)41(23-13-21-39(31,32)48-38)37(5,6)25-36(2,3)4/h9-21,29-32,43H,8,22-25H2,1-7H3/t29-,30-,31+,32?,38+,39+/m1/s1. The van der Waals surface area contributed by atoms with Crippen molar-refractivity contribution in [3.05, 3.63) is 84.5 Å². The van der Waals surface area contributed by atoms with Crippen LogP contribution in [0.4, 0.5) is 5.69 Å². The first-order chi connectivity index (χ1) is 22.7. The molecular formula is C39H49N3O5S. The highest BCUT2D eigenvalue weighted by Crippen LogP contribution is 2.66. The van der Waals surface area contributed by atoms with E-state index in [1.807, 2.05) is 85.5 Å². The first-order valence-electron chi connectivity index (χ1n) is 17.1. The van der Waals surface area contributed by atoms with Crippen molar-refractivity contribution in [3.63, 3.8) is 0 Å². The van der Waals surface area contributed by atoms with E-state index in [1.165, 1.54) is 0 Å². The monoisotopic (exact) mass is 671 g/mol. The topological polar surface area (TPSA) is 90.4 Å². The molecule has 0 bridgehead atoms. The van der Waals surface area contributed by atoms with E-state index in [9.17, 15) is 9.90 Å². The van der Waals surface area contributed by atoms with Gasteiger partial charge in [0.1, 0.15) is 11.8 Å². The van der Waals surface area contributed by atoms with E-state index in [-0.39, 0.29) is 29.7 Å². The first kappa shape index (κ1) is 34.3. The second-order valence-electron chi connectivity index (χ2n) is 15.5. The van der Waals surface area contributed by atoms with Crippen molar-refractivity contribution >= 4 is 35.2 Å². The van der Waals surface area contributed by atoms with E-state index < -0.39 is 39.0 Å². The number of thioether (sulfide) groups is 1. The number of carbonyl (C=O) groups excluding carboxylic acids is 3. The smallest absolute Gasteiger partial charge is 0.247 e. The van der Waals surface area contributed by atoms with E-state index >= 15 is 9.59 Å². The Morgan fingerprint density at radius 1 is 0.896 bits per heavy atom. The molecule has 4 aliphatic rings. The second-order valence-corrected chi connectivity index (χ2v) is 17.3. The quantitative estimate of drug-likeness (QED) is 0.345. The molecule has 8 nitrogen and oxygen atoms in total. The van der Waals surface area contributed by atoms with Crippen LogP contribution in [0.3, 0.4) is 0 Å². The Morgan fingerprint density at radius 2 is 1.56 bits per heavy atom. The molecular weight excluding hydrogens is 623 g/mol. The molecule has 0 aromatic heterocycles. The number of benzene rings is 2. The number of amides is 3. The largest absolute Gasteiger partial charge is 0.494 e. The molecule has 4 aliphatic heterocycles. The summed E-state index contributed by atoms with van der Waals surface area (Å²) in [5.74, 6) is -1.40. The molecule has 4 heterocycles. The van der Waals surface area contributed by atoms with Gasteiger partial charge in [-0.3, -0.25) is 14.4 Å². The molecule has 0 saturated carbocycles. The molecule has 2 aromatic carbocycles. The minimum Gasteiger partial charge on any atom is -0.494 e.